The molecule has 0 saturated carbocycles. The lowest BCUT2D eigenvalue weighted by Gasteiger charge is -2.09. The van der Waals surface area contributed by atoms with E-state index >= 15 is 0 Å². The van der Waals surface area contributed by atoms with Gasteiger partial charge in [0.25, 0.3) is 5.56 Å². The Bertz CT molecular complexity index is 1810. The summed E-state index contributed by atoms with van der Waals surface area (Å²) in [7, 11) is 0. The zero-order valence-electron chi connectivity index (χ0n) is 20.9. The standard InChI is InChI=1S/C29H24N6O2S/c1-19(2)18-37-24-12-10-20(11-13-24)26-22(17-34(32-26)23-8-4-3-5-9-23)15-25-28(36)35-29(38-25)31-27(33-35)21-7-6-14-30-16-21/h3-17,19H,18H2,1-2H3. The van der Waals surface area contributed by atoms with Gasteiger partial charge in [0.05, 0.1) is 16.8 Å². The molecule has 8 nitrogen and oxygen atoms in total. The Labute approximate surface area is 222 Å². The number of benzene rings is 2. The van der Waals surface area contributed by atoms with E-state index in [0.29, 0.717) is 27.8 Å². The quantitative estimate of drug-likeness (QED) is 0.305. The fourth-order valence-corrected chi connectivity index (χ4v) is 4.89. The van der Waals surface area contributed by atoms with Gasteiger partial charge in [-0.3, -0.25) is 9.78 Å². The van der Waals surface area contributed by atoms with Crippen LogP contribution in [0.3, 0.4) is 0 Å². The van der Waals surface area contributed by atoms with Crippen LogP contribution in [0.1, 0.15) is 19.4 Å². The average Bonchev–Trinajstić information content (AvgIpc) is 3.64. The number of pyridine rings is 1. The zero-order chi connectivity index (χ0) is 26.1. The van der Waals surface area contributed by atoms with E-state index in [1.165, 1.54) is 15.9 Å². The van der Waals surface area contributed by atoms with Crippen molar-refractivity contribution in [1.29, 1.82) is 0 Å². The Morgan fingerprint density at radius 3 is 2.50 bits per heavy atom. The van der Waals surface area contributed by atoms with Gasteiger partial charge in [-0.15, -0.1) is 5.10 Å². The first kappa shape index (κ1) is 23.7. The second kappa shape index (κ2) is 10.0. The van der Waals surface area contributed by atoms with Crippen LogP contribution < -0.4 is 14.8 Å². The number of para-hydroxylation sites is 1. The molecule has 4 heterocycles. The van der Waals surface area contributed by atoms with Crippen molar-refractivity contribution in [2.45, 2.75) is 13.8 Å². The topological polar surface area (TPSA) is 87.2 Å². The molecule has 0 N–H and O–H groups in total. The molecule has 0 bridgehead atoms. The maximum Gasteiger partial charge on any atom is 0.291 e. The van der Waals surface area contributed by atoms with E-state index < -0.39 is 0 Å². The zero-order valence-corrected chi connectivity index (χ0v) is 21.7. The Balaban J connectivity index is 1.42. The lowest BCUT2D eigenvalue weighted by Crippen LogP contribution is -2.23. The van der Waals surface area contributed by atoms with Crippen LogP contribution in [0.25, 0.3) is 39.4 Å². The third-order valence-electron chi connectivity index (χ3n) is 5.86. The van der Waals surface area contributed by atoms with Gasteiger partial charge < -0.3 is 4.74 Å². The Hall–Kier alpha value is -4.63. The van der Waals surface area contributed by atoms with Crippen LogP contribution in [0.15, 0.2) is 90.1 Å². The lowest BCUT2D eigenvalue weighted by atomic mass is 10.1. The molecular weight excluding hydrogens is 496 g/mol. The normalized spacial score (nSPS) is 12.0. The molecule has 4 aromatic heterocycles. The molecule has 9 heteroatoms. The highest BCUT2D eigenvalue weighted by atomic mass is 32.1. The number of aromatic nitrogens is 6. The number of hydrogen-bond donors (Lipinski definition) is 0. The first-order valence-electron chi connectivity index (χ1n) is 12.3. The largest absolute Gasteiger partial charge is 0.493 e. The number of thiazole rings is 1. The lowest BCUT2D eigenvalue weighted by molar-refractivity contribution is 0.271. The van der Waals surface area contributed by atoms with E-state index in [1.54, 1.807) is 12.4 Å². The third-order valence-corrected chi connectivity index (χ3v) is 6.82. The maximum atomic E-state index is 13.3. The third kappa shape index (κ3) is 4.71. The molecule has 0 amide bonds. The Kier molecular flexibility index (Phi) is 6.27. The summed E-state index contributed by atoms with van der Waals surface area (Å²) in [4.78, 5) is 22.5. The molecule has 0 spiro atoms. The highest BCUT2D eigenvalue weighted by Crippen LogP contribution is 2.27. The van der Waals surface area contributed by atoms with Gasteiger partial charge in [0.2, 0.25) is 4.96 Å². The summed E-state index contributed by atoms with van der Waals surface area (Å²) >= 11 is 1.30. The van der Waals surface area contributed by atoms with E-state index in [2.05, 4.69) is 28.9 Å². The van der Waals surface area contributed by atoms with E-state index in [4.69, 9.17) is 9.84 Å². The first-order chi connectivity index (χ1) is 18.5. The fraction of sp³-hybridized carbons (Fsp3) is 0.138. The molecule has 188 valence electrons. The molecule has 38 heavy (non-hydrogen) atoms. The van der Waals surface area contributed by atoms with Crippen LogP contribution in [0.5, 0.6) is 5.75 Å². The Morgan fingerprint density at radius 2 is 1.79 bits per heavy atom. The maximum absolute atomic E-state index is 13.3. The van der Waals surface area contributed by atoms with Crippen molar-refractivity contribution in [3.05, 3.63) is 106 Å². The molecule has 6 aromatic rings. The van der Waals surface area contributed by atoms with Gasteiger partial charge in [-0.25, -0.2) is 4.68 Å². The fourth-order valence-electron chi connectivity index (χ4n) is 3.99. The molecule has 0 radical (unpaired) electrons. The predicted molar refractivity (Wildman–Crippen MR) is 148 cm³/mol. The van der Waals surface area contributed by atoms with Gasteiger partial charge in [-0.05, 0) is 60.5 Å². The molecule has 0 saturated heterocycles. The number of fused-ring (bicyclic) bond motifs is 1. The van der Waals surface area contributed by atoms with Gasteiger partial charge in [0, 0.05) is 35.3 Å². The molecule has 0 aliphatic rings. The van der Waals surface area contributed by atoms with Gasteiger partial charge in [-0.1, -0.05) is 43.4 Å². The monoisotopic (exact) mass is 520 g/mol. The minimum absolute atomic E-state index is 0.219. The van der Waals surface area contributed by atoms with Gasteiger partial charge in [-0.2, -0.15) is 14.6 Å². The van der Waals surface area contributed by atoms with Gasteiger partial charge in [0.15, 0.2) is 5.82 Å². The van der Waals surface area contributed by atoms with Crippen molar-refractivity contribution in [3.8, 4) is 34.1 Å². The molecule has 0 aliphatic heterocycles. The highest BCUT2D eigenvalue weighted by molar-refractivity contribution is 7.15. The summed E-state index contributed by atoms with van der Waals surface area (Å²) in [5.74, 6) is 1.73. The minimum Gasteiger partial charge on any atom is -0.493 e. The first-order valence-corrected chi connectivity index (χ1v) is 13.1. The van der Waals surface area contributed by atoms with Crippen LogP contribution in [0.4, 0.5) is 0 Å². The predicted octanol–water partition coefficient (Wildman–Crippen LogP) is 4.65. The highest BCUT2D eigenvalue weighted by Gasteiger charge is 2.15. The second-order valence-electron chi connectivity index (χ2n) is 9.23. The summed E-state index contributed by atoms with van der Waals surface area (Å²) in [5, 5.41) is 9.30. The molecule has 2 aromatic carbocycles. The van der Waals surface area contributed by atoms with Crippen molar-refractivity contribution in [1.82, 2.24) is 29.4 Å². The van der Waals surface area contributed by atoms with Crippen LogP contribution in [-0.2, 0) is 0 Å². The van der Waals surface area contributed by atoms with Crippen molar-refractivity contribution in [2.75, 3.05) is 6.61 Å². The SMILES string of the molecule is CC(C)COc1ccc(-c2nn(-c3ccccc3)cc2C=c2sc3nc(-c4cccnc4)nn3c2=O)cc1. The Morgan fingerprint density at radius 1 is 0.974 bits per heavy atom. The molecule has 6 rings (SSSR count). The van der Waals surface area contributed by atoms with Crippen LogP contribution >= 0.6 is 11.3 Å². The van der Waals surface area contributed by atoms with Crippen molar-refractivity contribution in [2.24, 2.45) is 5.92 Å². The molecule has 0 unspecified atom stereocenters. The van der Waals surface area contributed by atoms with Crippen LogP contribution in [-0.4, -0.2) is 36.0 Å². The summed E-state index contributed by atoms with van der Waals surface area (Å²) in [6.07, 6.45) is 7.16. The van der Waals surface area contributed by atoms with Crippen molar-refractivity contribution >= 4 is 22.4 Å². The smallest absolute Gasteiger partial charge is 0.291 e. The minimum atomic E-state index is -0.219. The molecule has 0 aliphatic carbocycles. The summed E-state index contributed by atoms with van der Waals surface area (Å²) in [6, 6.07) is 21.5. The molecule has 0 fully saturated rings. The average molecular weight is 521 g/mol. The second-order valence-corrected chi connectivity index (χ2v) is 10.2. The number of nitrogens with zero attached hydrogens (tertiary/aromatic N) is 6. The van der Waals surface area contributed by atoms with Crippen molar-refractivity contribution < 1.29 is 4.74 Å². The summed E-state index contributed by atoms with van der Waals surface area (Å²) in [5.41, 5.74) is 3.98. The van der Waals surface area contributed by atoms with Gasteiger partial charge >= 0.3 is 0 Å². The van der Waals surface area contributed by atoms with E-state index in [-0.39, 0.29) is 5.56 Å². The van der Waals surface area contributed by atoms with Crippen molar-refractivity contribution in [3.63, 3.8) is 0 Å². The molecular formula is C29H24N6O2S. The summed E-state index contributed by atoms with van der Waals surface area (Å²) in [6.45, 7) is 4.89. The number of ether oxygens (including phenoxy) is 1. The van der Waals surface area contributed by atoms with E-state index in [1.807, 2.05) is 83.7 Å². The number of hydrogen-bond acceptors (Lipinski definition) is 7. The summed E-state index contributed by atoms with van der Waals surface area (Å²) < 4.78 is 9.55. The van der Waals surface area contributed by atoms with Crippen LogP contribution in [0, 0.1) is 5.92 Å². The van der Waals surface area contributed by atoms with E-state index in [9.17, 15) is 4.79 Å². The van der Waals surface area contributed by atoms with Gasteiger partial charge in [0.1, 0.15) is 11.4 Å². The number of rotatable bonds is 7. The van der Waals surface area contributed by atoms with E-state index in [0.717, 1.165) is 33.8 Å². The molecule has 0 atom stereocenters. The van der Waals surface area contributed by atoms with Crippen LogP contribution in [0.2, 0.25) is 0 Å².